The minimum atomic E-state index is -0.751. The molecule has 1 aromatic carbocycles. The molecule has 3 heterocycles. The molecule has 1 saturated heterocycles. The van der Waals surface area contributed by atoms with Gasteiger partial charge in [0, 0.05) is 43.4 Å². The average molecular weight is 371 g/mol. The quantitative estimate of drug-likeness (QED) is 0.841. The van der Waals surface area contributed by atoms with Gasteiger partial charge in [-0.1, -0.05) is 13.0 Å². The predicted molar refractivity (Wildman–Crippen MR) is 99.0 cm³/mol. The number of nitrogens with zero attached hydrogens (tertiary/aromatic N) is 3. The Hall–Kier alpha value is -2.54. The van der Waals surface area contributed by atoms with Crippen molar-refractivity contribution in [2.45, 2.75) is 39.3 Å². The first-order chi connectivity index (χ1) is 13.1. The van der Waals surface area contributed by atoms with Gasteiger partial charge >= 0.3 is 5.97 Å². The van der Waals surface area contributed by atoms with E-state index in [1.54, 1.807) is 0 Å². The Bertz CT molecular complexity index is 848. The van der Waals surface area contributed by atoms with E-state index in [2.05, 4.69) is 23.8 Å². The molecule has 1 fully saturated rings. The Morgan fingerprint density at radius 2 is 2.11 bits per heavy atom. The second-order valence-electron chi connectivity index (χ2n) is 7.34. The van der Waals surface area contributed by atoms with Gasteiger partial charge in [0.2, 0.25) is 6.79 Å². The summed E-state index contributed by atoms with van der Waals surface area (Å²) in [5, 5.41) is 14.2. The molecule has 0 spiro atoms. The molecule has 0 unspecified atom stereocenters. The first-order valence-electron chi connectivity index (χ1n) is 9.42. The summed E-state index contributed by atoms with van der Waals surface area (Å²) in [6.45, 7) is 7.30. The van der Waals surface area contributed by atoms with Gasteiger partial charge in [-0.25, -0.2) is 0 Å². The lowest BCUT2D eigenvalue weighted by Gasteiger charge is -2.16. The van der Waals surface area contributed by atoms with Crippen LogP contribution in [-0.4, -0.2) is 45.6 Å². The summed E-state index contributed by atoms with van der Waals surface area (Å²) in [4.78, 5) is 14.1. The molecule has 0 radical (unpaired) electrons. The third-order valence-corrected chi connectivity index (χ3v) is 5.57. The van der Waals surface area contributed by atoms with E-state index in [0.29, 0.717) is 18.8 Å². The van der Waals surface area contributed by atoms with Crippen molar-refractivity contribution in [3.8, 4) is 11.5 Å². The van der Waals surface area contributed by atoms with Crippen molar-refractivity contribution < 1.29 is 19.4 Å². The number of likely N-dealkylation sites (tertiary alicyclic amines) is 1. The average Bonchev–Trinajstić information content (AvgIpc) is 3.36. The Labute approximate surface area is 158 Å². The van der Waals surface area contributed by atoms with E-state index in [1.165, 1.54) is 5.56 Å². The Balaban J connectivity index is 1.53. The summed E-state index contributed by atoms with van der Waals surface area (Å²) in [7, 11) is 0. The van der Waals surface area contributed by atoms with Gasteiger partial charge in [-0.2, -0.15) is 5.10 Å². The van der Waals surface area contributed by atoms with Crippen molar-refractivity contribution in [3.05, 3.63) is 41.2 Å². The molecule has 0 aliphatic carbocycles. The number of hydrogen-bond acceptors (Lipinski definition) is 5. The van der Waals surface area contributed by atoms with Gasteiger partial charge in [-0.05, 0) is 31.0 Å². The molecular formula is C20H25N3O4. The number of benzene rings is 1. The lowest BCUT2D eigenvalue weighted by Crippen LogP contribution is -2.23. The second kappa shape index (κ2) is 7.23. The Kier molecular flexibility index (Phi) is 4.78. The number of aryl methyl sites for hydroxylation is 1. The third kappa shape index (κ3) is 3.39. The van der Waals surface area contributed by atoms with E-state index in [1.807, 2.05) is 29.1 Å². The minimum Gasteiger partial charge on any atom is -0.481 e. The van der Waals surface area contributed by atoms with Crippen molar-refractivity contribution in [2.75, 3.05) is 19.9 Å². The van der Waals surface area contributed by atoms with Crippen LogP contribution in [0.25, 0.3) is 0 Å². The van der Waals surface area contributed by atoms with Crippen LogP contribution in [0.4, 0.5) is 0 Å². The molecular weight excluding hydrogens is 346 g/mol. The van der Waals surface area contributed by atoms with E-state index in [9.17, 15) is 9.90 Å². The highest BCUT2D eigenvalue weighted by Crippen LogP contribution is 2.39. The third-order valence-electron chi connectivity index (χ3n) is 5.57. The lowest BCUT2D eigenvalue weighted by atomic mass is 9.89. The van der Waals surface area contributed by atoms with Crippen LogP contribution in [0.15, 0.2) is 24.4 Å². The summed E-state index contributed by atoms with van der Waals surface area (Å²) in [6.07, 6.45) is 2.95. The van der Waals surface area contributed by atoms with Crippen LogP contribution in [-0.2, 0) is 17.9 Å². The fourth-order valence-electron chi connectivity index (χ4n) is 4.06. The Morgan fingerprint density at radius 3 is 2.89 bits per heavy atom. The largest absolute Gasteiger partial charge is 0.481 e. The number of rotatable bonds is 6. The van der Waals surface area contributed by atoms with Crippen LogP contribution in [0.1, 0.15) is 36.1 Å². The van der Waals surface area contributed by atoms with Crippen LogP contribution in [0.5, 0.6) is 11.5 Å². The number of aliphatic carboxylic acids is 1. The maximum atomic E-state index is 11.9. The molecule has 144 valence electrons. The minimum absolute atomic E-state index is 0.0667. The molecule has 2 aliphatic rings. The van der Waals surface area contributed by atoms with E-state index in [4.69, 9.17) is 9.47 Å². The molecule has 2 atom stereocenters. The molecule has 0 saturated carbocycles. The molecule has 1 aromatic heterocycles. The van der Waals surface area contributed by atoms with Gasteiger partial charge in [0.05, 0.1) is 12.1 Å². The van der Waals surface area contributed by atoms with Gasteiger partial charge in [-0.15, -0.1) is 0 Å². The molecule has 4 rings (SSSR count). The second-order valence-corrected chi connectivity index (χ2v) is 7.34. The monoisotopic (exact) mass is 371 g/mol. The Morgan fingerprint density at radius 1 is 1.30 bits per heavy atom. The fraction of sp³-hybridized carbons (Fsp3) is 0.500. The highest BCUT2D eigenvalue weighted by atomic mass is 16.7. The number of fused-ring (bicyclic) bond motifs is 1. The molecule has 2 aliphatic heterocycles. The van der Waals surface area contributed by atoms with Crippen molar-refractivity contribution in [2.24, 2.45) is 5.92 Å². The van der Waals surface area contributed by atoms with Crippen LogP contribution in [0.3, 0.4) is 0 Å². The van der Waals surface area contributed by atoms with Crippen molar-refractivity contribution in [3.63, 3.8) is 0 Å². The van der Waals surface area contributed by atoms with Gasteiger partial charge in [-0.3, -0.25) is 14.4 Å². The van der Waals surface area contributed by atoms with Crippen LogP contribution in [0.2, 0.25) is 0 Å². The maximum Gasteiger partial charge on any atom is 0.308 e. The lowest BCUT2D eigenvalue weighted by molar-refractivity contribution is -0.141. The molecule has 0 amide bonds. The number of aromatic nitrogens is 2. The molecule has 27 heavy (non-hydrogen) atoms. The first kappa shape index (κ1) is 17.9. The van der Waals surface area contributed by atoms with Gasteiger partial charge in [0.15, 0.2) is 11.5 Å². The topological polar surface area (TPSA) is 76.8 Å². The summed E-state index contributed by atoms with van der Waals surface area (Å²) in [5.41, 5.74) is 3.32. The fourth-order valence-corrected chi connectivity index (χ4v) is 4.06. The number of carbonyl (C=O) groups is 1. The van der Waals surface area contributed by atoms with Gasteiger partial charge in [0.25, 0.3) is 0 Å². The van der Waals surface area contributed by atoms with Gasteiger partial charge < -0.3 is 14.6 Å². The molecule has 7 nitrogen and oxygen atoms in total. The van der Waals surface area contributed by atoms with Crippen molar-refractivity contribution >= 4 is 5.97 Å². The summed E-state index contributed by atoms with van der Waals surface area (Å²) >= 11 is 0. The highest BCUT2D eigenvalue weighted by Gasteiger charge is 2.39. The van der Waals surface area contributed by atoms with Gasteiger partial charge in [0.1, 0.15) is 0 Å². The van der Waals surface area contributed by atoms with Crippen molar-refractivity contribution in [1.29, 1.82) is 0 Å². The van der Waals surface area contributed by atoms with Crippen LogP contribution >= 0.6 is 0 Å². The predicted octanol–water partition coefficient (Wildman–Crippen LogP) is 2.63. The highest BCUT2D eigenvalue weighted by molar-refractivity contribution is 5.72. The van der Waals surface area contributed by atoms with E-state index in [0.717, 1.165) is 36.5 Å². The number of ether oxygens (including phenoxy) is 2. The van der Waals surface area contributed by atoms with E-state index < -0.39 is 11.9 Å². The normalized spacial score (nSPS) is 21.7. The summed E-state index contributed by atoms with van der Waals surface area (Å²) in [5.74, 6) is 0.171. The van der Waals surface area contributed by atoms with E-state index >= 15 is 0 Å². The van der Waals surface area contributed by atoms with Crippen LogP contribution in [0, 0.1) is 12.8 Å². The zero-order chi connectivity index (χ0) is 19.0. The zero-order valence-corrected chi connectivity index (χ0v) is 15.7. The SMILES string of the molecule is CCCn1ncc(CN2C[C@@H](C(=O)O)[C@H](c3ccc4c(c3)OCO4)C2)c1C. The molecule has 0 bridgehead atoms. The molecule has 2 aromatic rings. The molecule has 7 heteroatoms. The number of carboxylic acid groups (broad SMARTS) is 1. The standard InChI is InChI=1S/C20H25N3O4/c1-3-6-23-13(2)15(8-21-23)9-22-10-16(17(11-22)20(24)25)14-4-5-18-19(7-14)27-12-26-18/h4-5,7-8,16-17H,3,6,9-12H2,1-2H3,(H,24,25)/t16-,17+/m0/s1. The summed E-state index contributed by atoms with van der Waals surface area (Å²) < 4.78 is 12.9. The smallest absolute Gasteiger partial charge is 0.308 e. The summed E-state index contributed by atoms with van der Waals surface area (Å²) in [6, 6.07) is 5.76. The molecule has 1 N–H and O–H groups in total. The van der Waals surface area contributed by atoms with Crippen LogP contribution < -0.4 is 9.47 Å². The maximum absolute atomic E-state index is 11.9. The van der Waals surface area contributed by atoms with Crippen molar-refractivity contribution in [1.82, 2.24) is 14.7 Å². The number of hydrogen-bond donors (Lipinski definition) is 1. The number of carboxylic acids is 1. The zero-order valence-electron chi connectivity index (χ0n) is 15.7. The first-order valence-corrected chi connectivity index (χ1v) is 9.42. The van der Waals surface area contributed by atoms with E-state index in [-0.39, 0.29) is 12.7 Å².